The second kappa shape index (κ2) is 10.2. The molecule has 2 saturated heterocycles. The molecule has 15 heteroatoms. The minimum absolute atomic E-state index is 0.0180. The number of fused-ring (bicyclic) bond motifs is 1. The van der Waals surface area contributed by atoms with E-state index in [-0.39, 0.29) is 36.8 Å². The fourth-order valence-electron chi connectivity index (χ4n) is 5.40. The minimum atomic E-state index is -2.88. The number of nitrogens with zero attached hydrogens (tertiary/aromatic N) is 6. The van der Waals surface area contributed by atoms with E-state index in [0.717, 1.165) is 12.3 Å². The summed E-state index contributed by atoms with van der Waals surface area (Å²) in [7, 11) is 0. The fourth-order valence-corrected chi connectivity index (χ4v) is 6.31. The van der Waals surface area contributed by atoms with Crippen molar-refractivity contribution < 1.29 is 32.9 Å². The van der Waals surface area contributed by atoms with Crippen LogP contribution < -0.4 is 0 Å². The third-order valence-electron chi connectivity index (χ3n) is 7.19. The lowest BCUT2D eigenvalue weighted by Crippen LogP contribution is -2.52. The van der Waals surface area contributed by atoms with Gasteiger partial charge < -0.3 is 19.8 Å². The van der Waals surface area contributed by atoms with E-state index in [2.05, 4.69) is 10.1 Å². The predicted molar refractivity (Wildman–Crippen MR) is 138 cm³/mol. The zero-order chi connectivity index (χ0) is 28.2. The van der Waals surface area contributed by atoms with E-state index in [1.807, 2.05) is 4.90 Å². The number of aliphatic hydroxyl groups is 2. The highest BCUT2D eigenvalue weighted by molar-refractivity contribution is 7.11. The van der Waals surface area contributed by atoms with E-state index in [0.29, 0.717) is 32.4 Å². The van der Waals surface area contributed by atoms with Crippen LogP contribution in [0.3, 0.4) is 0 Å². The molecular weight excluding hydrogens is 573 g/mol. The first-order valence-electron chi connectivity index (χ1n) is 12.2. The summed E-state index contributed by atoms with van der Waals surface area (Å²) in [6.45, 7) is -3.45. The summed E-state index contributed by atoms with van der Waals surface area (Å²) in [5, 5.41) is 26.2. The van der Waals surface area contributed by atoms with Gasteiger partial charge in [-0.3, -0.25) is 9.89 Å². The summed E-state index contributed by atoms with van der Waals surface area (Å²) in [6, 6.07) is 4.45. The van der Waals surface area contributed by atoms with Crippen molar-refractivity contribution in [2.24, 2.45) is 4.99 Å². The number of benzene rings is 1. The van der Waals surface area contributed by atoms with Crippen LogP contribution in [0.5, 0.6) is 0 Å². The normalized spacial score (nSPS) is 23.3. The third-order valence-corrected chi connectivity index (χ3v) is 8.29. The van der Waals surface area contributed by atoms with Gasteiger partial charge in [-0.25, -0.2) is 18.9 Å². The molecule has 1 amide bonds. The first-order valence-corrected chi connectivity index (χ1v) is 13.5. The molecule has 2 N–H and O–H groups in total. The van der Waals surface area contributed by atoms with Crippen LogP contribution in [0.2, 0.25) is 5.02 Å². The number of aliphatic imine (C=N–C) groups is 1. The van der Waals surface area contributed by atoms with Gasteiger partial charge in [-0.05, 0) is 18.2 Å². The number of cyclic esters (lactones) is 1. The van der Waals surface area contributed by atoms with E-state index in [9.17, 15) is 28.2 Å². The number of rotatable bonds is 7. The monoisotopic (exact) mass is 594 g/mol. The number of amides is 1. The Labute approximate surface area is 234 Å². The molecular formula is C25H22ClF3N6O4S. The van der Waals surface area contributed by atoms with Crippen molar-refractivity contribution in [2.75, 3.05) is 26.3 Å². The number of ether oxygens (including phenoxy) is 1. The molecule has 5 heterocycles. The Morgan fingerprint density at radius 2 is 2.12 bits per heavy atom. The summed E-state index contributed by atoms with van der Waals surface area (Å²) in [5.41, 5.74) is 0.729. The highest BCUT2D eigenvalue weighted by Crippen LogP contribution is 2.50. The Morgan fingerprint density at radius 1 is 1.30 bits per heavy atom. The highest BCUT2D eigenvalue weighted by Gasteiger charge is 2.56. The molecule has 40 heavy (non-hydrogen) atoms. The zero-order valence-electron chi connectivity index (χ0n) is 20.6. The molecule has 1 aromatic carbocycles. The Bertz CT molecular complexity index is 1520. The van der Waals surface area contributed by atoms with Gasteiger partial charge in [0, 0.05) is 46.1 Å². The smallest absolute Gasteiger partial charge is 0.410 e. The lowest BCUT2D eigenvalue weighted by atomic mass is 9.90. The fraction of sp³-hybridized carbons (Fsp3) is 0.360. The molecule has 3 aliphatic rings. The van der Waals surface area contributed by atoms with Gasteiger partial charge in [-0.15, -0.1) is 11.3 Å². The third kappa shape index (κ3) is 4.44. The number of aromatic nitrogens is 3. The molecule has 2 aromatic heterocycles. The number of carbonyl (C=O) groups excluding carboxylic acids is 1. The predicted octanol–water partition coefficient (Wildman–Crippen LogP) is 3.69. The van der Waals surface area contributed by atoms with Crippen LogP contribution in [-0.2, 0) is 4.74 Å². The summed E-state index contributed by atoms with van der Waals surface area (Å²) in [5.74, 6) is -0.0997. The first-order chi connectivity index (χ1) is 19.2. The maximum atomic E-state index is 14.0. The molecule has 1 spiro atoms. The molecule has 3 atom stereocenters. The molecule has 10 nitrogen and oxygen atoms in total. The van der Waals surface area contributed by atoms with Gasteiger partial charge in [-0.2, -0.15) is 13.9 Å². The topological polar surface area (TPSA) is 116 Å². The molecule has 0 bridgehead atoms. The second-order valence-electron chi connectivity index (χ2n) is 9.67. The number of thiazole rings is 1. The lowest BCUT2D eigenvalue weighted by Gasteiger charge is -2.33. The molecule has 2 fully saturated rings. The Morgan fingerprint density at radius 3 is 2.80 bits per heavy atom. The summed E-state index contributed by atoms with van der Waals surface area (Å²) >= 11 is 7.83. The van der Waals surface area contributed by atoms with Crippen molar-refractivity contribution in [1.29, 1.82) is 0 Å². The highest BCUT2D eigenvalue weighted by atomic mass is 35.5. The van der Waals surface area contributed by atoms with Crippen LogP contribution in [0.25, 0.3) is 5.57 Å². The Hall–Kier alpha value is -3.46. The molecule has 0 saturated carbocycles. The average molecular weight is 595 g/mol. The number of β-amino-alcohol motifs (C(OH)–C–C–N with tert-alkyl or cyclic N) is 1. The van der Waals surface area contributed by atoms with Gasteiger partial charge in [0.2, 0.25) is 0 Å². The standard InChI is InChI=1S/C25H22ClF3N6O4S/c26-16-7-13(27)1-2-15(16)20-19(17-3-5-35(32-17)23(28)29)18-8-25(12-39-24(38)34(25)9-14(37)10-36)11-33(18)21(31-20)22-30-4-6-40-22/h1-7,14,20,23,36-37H,8-12H2/t14-,20+,25-/m1/s1. The van der Waals surface area contributed by atoms with Crippen LogP contribution >= 0.6 is 22.9 Å². The van der Waals surface area contributed by atoms with Gasteiger partial charge in [0.1, 0.15) is 24.0 Å². The maximum absolute atomic E-state index is 14.0. The van der Waals surface area contributed by atoms with Crippen LogP contribution in [-0.4, -0.2) is 84.7 Å². The van der Waals surface area contributed by atoms with Crippen molar-refractivity contribution in [1.82, 2.24) is 24.6 Å². The summed E-state index contributed by atoms with van der Waals surface area (Å²) < 4.78 is 47.1. The Balaban J connectivity index is 1.56. The van der Waals surface area contributed by atoms with Crippen LogP contribution in [0.4, 0.5) is 18.0 Å². The van der Waals surface area contributed by atoms with Crippen molar-refractivity contribution in [3.05, 3.63) is 74.8 Å². The van der Waals surface area contributed by atoms with Crippen LogP contribution in [0.15, 0.2) is 52.7 Å². The van der Waals surface area contributed by atoms with Gasteiger partial charge in [-0.1, -0.05) is 17.7 Å². The van der Waals surface area contributed by atoms with E-state index in [1.165, 1.54) is 34.4 Å². The zero-order valence-corrected chi connectivity index (χ0v) is 22.2. The number of halogens is 4. The number of alkyl halides is 2. The Kier molecular flexibility index (Phi) is 6.81. The van der Waals surface area contributed by atoms with Crippen molar-refractivity contribution in [2.45, 2.75) is 30.7 Å². The number of aliphatic hydroxyl groups excluding tert-OH is 2. The lowest BCUT2D eigenvalue weighted by molar-refractivity contribution is 0.0484. The molecule has 6 rings (SSSR count). The van der Waals surface area contributed by atoms with E-state index in [1.54, 1.807) is 11.6 Å². The molecule has 3 aliphatic heterocycles. The van der Waals surface area contributed by atoms with Gasteiger partial charge >= 0.3 is 12.6 Å². The molecule has 0 aliphatic carbocycles. The summed E-state index contributed by atoms with van der Waals surface area (Å²) in [6.07, 6.45) is 1.10. The SMILES string of the molecule is O=C1OC[C@]2(CC3=C(c4ccn(C(F)F)n4)[C@H](c4ccc(F)cc4Cl)N=C(c4nccs4)N3C2)N1C[C@@H](O)CO. The van der Waals surface area contributed by atoms with Crippen molar-refractivity contribution >= 4 is 40.4 Å². The molecule has 0 unspecified atom stereocenters. The van der Waals surface area contributed by atoms with Gasteiger partial charge in [0.25, 0.3) is 0 Å². The second-order valence-corrected chi connectivity index (χ2v) is 11.0. The number of hydrogen-bond donors (Lipinski definition) is 2. The van der Waals surface area contributed by atoms with E-state index >= 15 is 0 Å². The van der Waals surface area contributed by atoms with Crippen LogP contribution in [0, 0.1) is 5.82 Å². The average Bonchev–Trinajstić information content (AvgIpc) is 3.72. The first kappa shape index (κ1) is 26.7. The van der Waals surface area contributed by atoms with E-state index in [4.69, 9.17) is 21.3 Å². The van der Waals surface area contributed by atoms with Gasteiger partial charge in [0.05, 0.1) is 31.5 Å². The molecule has 0 radical (unpaired) electrons. The van der Waals surface area contributed by atoms with E-state index < -0.39 is 42.8 Å². The largest absolute Gasteiger partial charge is 0.447 e. The minimum Gasteiger partial charge on any atom is -0.447 e. The van der Waals surface area contributed by atoms with Crippen molar-refractivity contribution in [3.63, 3.8) is 0 Å². The molecule has 210 valence electrons. The maximum Gasteiger partial charge on any atom is 0.410 e. The number of amidine groups is 1. The number of hydrogen-bond acceptors (Lipinski definition) is 9. The van der Waals surface area contributed by atoms with Crippen molar-refractivity contribution in [3.8, 4) is 0 Å². The molecule has 3 aromatic rings. The van der Waals surface area contributed by atoms with Gasteiger partial charge in [0.15, 0.2) is 10.8 Å². The summed E-state index contributed by atoms with van der Waals surface area (Å²) in [4.78, 5) is 25.4. The number of carbonyl (C=O) groups is 1. The van der Waals surface area contributed by atoms with Crippen LogP contribution in [0.1, 0.15) is 35.3 Å². The quantitative estimate of drug-likeness (QED) is 0.429.